The van der Waals surface area contributed by atoms with E-state index in [9.17, 15) is 0 Å². The van der Waals surface area contributed by atoms with Crippen LogP contribution in [0.2, 0.25) is 0 Å². The third kappa shape index (κ3) is 3.23. The maximum Gasteiger partial charge on any atom is 0.146 e. The van der Waals surface area contributed by atoms with E-state index in [0.717, 1.165) is 42.4 Å². The van der Waals surface area contributed by atoms with Crippen LogP contribution in [0.1, 0.15) is 41.8 Å². The minimum atomic E-state index is 0.212. The SMILES string of the molecule is CNCCCc1nnc(C2CCCCO2)s1. The molecule has 0 saturated carbocycles. The van der Waals surface area contributed by atoms with E-state index >= 15 is 0 Å². The zero-order chi connectivity index (χ0) is 11.2. The molecule has 5 heteroatoms. The van der Waals surface area contributed by atoms with Crippen molar-refractivity contribution in [3.63, 3.8) is 0 Å². The second kappa shape index (κ2) is 6.27. The molecule has 1 aliphatic heterocycles. The number of hydrogen-bond donors (Lipinski definition) is 1. The minimum absolute atomic E-state index is 0.212. The molecule has 1 fully saturated rings. The molecule has 1 saturated heterocycles. The summed E-state index contributed by atoms with van der Waals surface area (Å²) in [7, 11) is 1.97. The van der Waals surface area contributed by atoms with Crippen LogP contribution in [-0.2, 0) is 11.2 Å². The fourth-order valence-corrected chi connectivity index (χ4v) is 2.82. The predicted octanol–water partition coefficient (Wildman–Crippen LogP) is 1.93. The van der Waals surface area contributed by atoms with Crippen LogP contribution in [0.5, 0.6) is 0 Å². The van der Waals surface area contributed by atoms with Crippen molar-refractivity contribution in [2.75, 3.05) is 20.2 Å². The molecule has 0 radical (unpaired) electrons. The summed E-state index contributed by atoms with van der Waals surface area (Å²) in [6.07, 6.45) is 5.89. The zero-order valence-electron chi connectivity index (χ0n) is 9.74. The van der Waals surface area contributed by atoms with Crippen molar-refractivity contribution in [3.05, 3.63) is 10.0 Å². The average Bonchev–Trinajstić information content (AvgIpc) is 2.79. The average molecular weight is 241 g/mol. The Bertz CT molecular complexity index is 310. The molecule has 0 amide bonds. The van der Waals surface area contributed by atoms with Crippen LogP contribution in [0.3, 0.4) is 0 Å². The van der Waals surface area contributed by atoms with Crippen molar-refractivity contribution < 1.29 is 4.74 Å². The van der Waals surface area contributed by atoms with Gasteiger partial charge in [-0.15, -0.1) is 10.2 Å². The van der Waals surface area contributed by atoms with Crippen molar-refractivity contribution in [2.24, 2.45) is 0 Å². The van der Waals surface area contributed by atoms with Gasteiger partial charge in [0.25, 0.3) is 0 Å². The van der Waals surface area contributed by atoms with Gasteiger partial charge in [-0.3, -0.25) is 0 Å². The summed E-state index contributed by atoms with van der Waals surface area (Å²) in [5.41, 5.74) is 0. The normalized spacial score (nSPS) is 21.2. The van der Waals surface area contributed by atoms with Crippen LogP contribution in [0.25, 0.3) is 0 Å². The van der Waals surface area contributed by atoms with Gasteiger partial charge in [-0.05, 0) is 39.3 Å². The number of nitrogens with zero attached hydrogens (tertiary/aromatic N) is 2. The fraction of sp³-hybridized carbons (Fsp3) is 0.818. The summed E-state index contributed by atoms with van der Waals surface area (Å²) < 4.78 is 5.70. The molecule has 2 heterocycles. The van der Waals surface area contributed by atoms with E-state index in [-0.39, 0.29) is 6.10 Å². The van der Waals surface area contributed by atoms with E-state index in [0.29, 0.717) is 0 Å². The standard InChI is InChI=1S/C11H19N3OS/c1-12-7-4-6-10-13-14-11(16-10)9-5-2-3-8-15-9/h9,12H,2-8H2,1H3. The molecule has 4 nitrogen and oxygen atoms in total. The van der Waals surface area contributed by atoms with Gasteiger partial charge < -0.3 is 10.1 Å². The highest BCUT2D eigenvalue weighted by atomic mass is 32.1. The van der Waals surface area contributed by atoms with Crippen LogP contribution in [0, 0.1) is 0 Å². The van der Waals surface area contributed by atoms with Crippen molar-refractivity contribution in [2.45, 2.75) is 38.2 Å². The number of hydrogen-bond acceptors (Lipinski definition) is 5. The number of aryl methyl sites for hydroxylation is 1. The Hall–Kier alpha value is -0.520. The monoisotopic (exact) mass is 241 g/mol. The summed E-state index contributed by atoms with van der Waals surface area (Å²) in [6, 6.07) is 0. The van der Waals surface area contributed by atoms with E-state index in [1.807, 2.05) is 7.05 Å². The molecule has 90 valence electrons. The molecule has 1 atom stereocenters. The summed E-state index contributed by atoms with van der Waals surface area (Å²) in [5.74, 6) is 0. The number of rotatable bonds is 5. The lowest BCUT2D eigenvalue weighted by molar-refractivity contribution is 0.0144. The van der Waals surface area contributed by atoms with Crippen molar-refractivity contribution in [3.8, 4) is 0 Å². The van der Waals surface area contributed by atoms with E-state index in [4.69, 9.17) is 4.74 Å². The predicted molar refractivity (Wildman–Crippen MR) is 64.7 cm³/mol. The number of ether oxygens (including phenoxy) is 1. The Morgan fingerprint density at radius 3 is 3.12 bits per heavy atom. The first-order chi connectivity index (χ1) is 7.90. The Morgan fingerprint density at radius 1 is 1.44 bits per heavy atom. The van der Waals surface area contributed by atoms with Crippen molar-refractivity contribution in [1.29, 1.82) is 0 Å². The molecule has 0 bridgehead atoms. The first kappa shape index (κ1) is 12.0. The van der Waals surface area contributed by atoms with Crippen molar-refractivity contribution in [1.82, 2.24) is 15.5 Å². The van der Waals surface area contributed by atoms with Gasteiger partial charge in [0.15, 0.2) is 0 Å². The van der Waals surface area contributed by atoms with Gasteiger partial charge in [0.2, 0.25) is 0 Å². The number of nitrogens with one attached hydrogen (secondary N) is 1. The zero-order valence-corrected chi connectivity index (χ0v) is 10.6. The van der Waals surface area contributed by atoms with Crippen LogP contribution in [0.4, 0.5) is 0 Å². The van der Waals surface area contributed by atoms with Crippen LogP contribution in [-0.4, -0.2) is 30.4 Å². The molecule has 1 unspecified atom stereocenters. The molecule has 1 aliphatic rings. The highest BCUT2D eigenvalue weighted by molar-refractivity contribution is 7.11. The van der Waals surface area contributed by atoms with Crippen LogP contribution >= 0.6 is 11.3 Å². The topological polar surface area (TPSA) is 47.0 Å². The highest BCUT2D eigenvalue weighted by Gasteiger charge is 2.20. The molecule has 0 aromatic carbocycles. The third-order valence-corrected chi connectivity index (χ3v) is 3.83. The summed E-state index contributed by atoms with van der Waals surface area (Å²) >= 11 is 1.71. The highest BCUT2D eigenvalue weighted by Crippen LogP contribution is 2.29. The molecule has 0 aliphatic carbocycles. The number of aromatic nitrogens is 2. The van der Waals surface area contributed by atoms with E-state index in [1.54, 1.807) is 11.3 Å². The van der Waals surface area contributed by atoms with Gasteiger partial charge in [-0.1, -0.05) is 11.3 Å². The lowest BCUT2D eigenvalue weighted by Crippen LogP contribution is -2.11. The second-order valence-corrected chi connectivity index (χ2v) is 5.19. The summed E-state index contributed by atoms with van der Waals surface area (Å²) in [6.45, 7) is 1.91. The first-order valence-electron chi connectivity index (χ1n) is 5.98. The van der Waals surface area contributed by atoms with Crippen LogP contribution < -0.4 is 5.32 Å². The summed E-state index contributed by atoms with van der Waals surface area (Å²) in [5, 5.41) is 13.8. The largest absolute Gasteiger partial charge is 0.371 e. The Kier molecular flexibility index (Phi) is 4.69. The fourth-order valence-electron chi connectivity index (χ4n) is 1.85. The molecular formula is C11H19N3OS. The molecule has 1 aromatic heterocycles. The van der Waals surface area contributed by atoms with Gasteiger partial charge in [0.1, 0.15) is 16.1 Å². The van der Waals surface area contributed by atoms with Gasteiger partial charge in [-0.2, -0.15) is 0 Å². The maximum atomic E-state index is 5.70. The smallest absolute Gasteiger partial charge is 0.146 e. The van der Waals surface area contributed by atoms with Gasteiger partial charge in [0, 0.05) is 13.0 Å². The molecule has 2 rings (SSSR count). The quantitative estimate of drug-likeness (QED) is 0.800. The second-order valence-electron chi connectivity index (χ2n) is 4.10. The third-order valence-electron chi connectivity index (χ3n) is 2.76. The molecule has 0 spiro atoms. The lowest BCUT2D eigenvalue weighted by Gasteiger charge is -2.19. The first-order valence-corrected chi connectivity index (χ1v) is 6.80. The van der Waals surface area contributed by atoms with Gasteiger partial charge in [0.05, 0.1) is 0 Å². The van der Waals surface area contributed by atoms with Gasteiger partial charge in [-0.25, -0.2) is 0 Å². The minimum Gasteiger partial charge on any atom is -0.371 e. The molecule has 1 aromatic rings. The van der Waals surface area contributed by atoms with E-state index < -0.39 is 0 Å². The Balaban J connectivity index is 1.85. The van der Waals surface area contributed by atoms with Crippen molar-refractivity contribution >= 4 is 11.3 Å². The van der Waals surface area contributed by atoms with E-state index in [2.05, 4.69) is 15.5 Å². The maximum absolute atomic E-state index is 5.70. The van der Waals surface area contributed by atoms with Gasteiger partial charge >= 0.3 is 0 Å². The molecular weight excluding hydrogens is 222 g/mol. The Labute approximate surface area is 100 Å². The Morgan fingerprint density at radius 2 is 2.38 bits per heavy atom. The summed E-state index contributed by atoms with van der Waals surface area (Å²) in [4.78, 5) is 0. The molecule has 1 N–H and O–H groups in total. The molecule has 16 heavy (non-hydrogen) atoms. The van der Waals surface area contributed by atoms with E-state index in [1.165, 1.54) is 12.8 Å². The van der Waals surface area contributed by atoms with Crippen LogP contribution in [0.15, 0.2) is 0 Å². The lowest BCUT2D eigenvalue weighted by atomic mass is 10.1.